The zero-order valence-electron chi connectivity index (χ0n) is 27.7. The summed E-state index contributed by atoms with van der Waals surface area (Å²) in [6.45, 7) is 19.3. The van der Waals surface area contributed by atoms with Gasteiger partial charge >= 0.3 is 18.0 Å². The van der Waals surface area contributed by atoms with Crippen molar-refractivity contribution >= 4 is 41.7 Å². The zero-order valence-corrected chi connectivity index (χ0v) is 27.7. The number of amides is 5. The summed E-state index contributed by atoms with van der Waals surface area (Å²) in [5, 5.41) is 7.50. The fraction of sp³-hybridized carbons (Fsp3) is 0.700. The Kier molecular flexibility index (Phi) is 15.8. The van der Waals surface area contributed by atoms with Crippen LogP contribution in [0.1, 0.15) is 94.9 Å². The molecule has 44 heavy (non-hydrogen) atoms. The number of carbonyl (C=O) groups is 7. The highest BCUT2D eigenvalue weighted by Crippen LogP contribution is 2.14. The van der Waals surface area contributed by atoms with Crippen molar-refractivity contribution in [1.29, 1.82) is 0 Å². The Labute approximate surface area is 260 Å². The molecule has 0 aliphatic rings. The molecule has 0 aliphatic heterocycles. The van der Waals surface area contributed by atoms with Gasteiger partial charge in [0.25, 0.3) is 5.91 Å². The molecular weight excluding hydrogens is 576 g/mol. The van der Waals surface area contributed by atoms with E-state index < -0.39 is 70.5 Å². The highest BCUT2D eigenvalue weighted by atomic mass is 16.6. The molecule has 1 unspecified atom stereocenters. The molecule has 0 saturated heterocycles. The second kappa shape index (κ2) is 17.4. The number of rotatable bonds is 14. The molecular formula is C30H50N4O10. The SMILES string of the molecule is C=CC(=O)N(CCNC(=O)CCC(NC(=O)OC(C)(C)C)C(=O)N[C@H](CCC(=O)OC(C)(C)C)C(=O)OC(C)(C)C)C(C)=O. The van der Waals surface area contributed by atoms with Crippen molar-refractivity contribution in [2.75, 3.05) is 13.1 Å². The molecule has 0 aromatic rings. The molecule has 0 rings (SSSR count). The van der Waals surface area contributed by atoms with Crippen molar-refractivity contribution in [3.8, 4) is 0 Å². The first-order valence-corrected chi connectivity index (χ1v) is 14.4. The monoisotopic (exact) mass is 626 g/mol. The summed E-state index contributed by atoms with van der Waals surface area (Å²) in [4.78, 5) is 88.1. The van der Waals surface area contributed by atoms with Crippen molar-refractivity contribution in [3.05, 3.63) is 12.7 Å². The second-order valence-electron chi connectivity index (χ2n) is 13.0. The fourth-order valence-electron chi connectivity index (χ4n) is 3.47. The Morgan fingerprint density at radius 3 is 1.75 bits per heavy atom. The van der Waals surface area contributed by atoms with Crippen molar-refractivity contribution in [2.24, 2.45) is 0 Å². The minimum atomic E-state index is -1.32. The van der Waals surface area contributed by atoms with Gasteiger partial charge in [0.1, 0.15) is 28.9 Å². The van der Waals surface area contributed by atoms with Gasteiger partial charge in [-0.2, -0.15) is 0 Å². The Hall–Kier alpha value is -3.97. The van der Waals surface area contributed by atoms with Crippen molar-refractivity contribution in [3.63, 3.8) is 0 Å². The average Bonchev–Trinajstić information content (AvgIpc) is 2.82. The predicted molar refractivity (Wildman–Crippen MR) is 161 cm³/mol. The van der Waals surface area contributed by atoms with Crippen LogP contribution in [0, 0.1) is 0 Å². The average molecular weight is 627 g/mol. The molecule has 3 N–H and O–H groups in total. The molecule has 0 aromatic carbocycles. The van der Waals surface area contributed by atoms with Gasteiger partial charge in [-0.15, -0.1) is 0 Å². The maximum atomic E-state index is 13.4. The van der Waals surface area contributed by atoms with E-state index in [2.05, 4.69) is 22.5 Å². The van der Waals surface area contributed by atoms with Crippen molar-refractivity contribution in [1.82, 2.24) is 20.9 Å². The maximum Gasteiger partial charge on any atom is 0.408 e. The summed E-state index contributed by atoms with van der Waals surface area (Å²) in [6.07, 6.45) is -0.761. The maximum absolute atomic E-state index is 13.4. The third-order valence-electron chi connectivity index (χ3n) is 5.21. The quantitative estimate of drug-likeness (QED) is 0.147. The third kappa shape index (κ3) is 18.5. The molecule has 0 bridgehead atoms. The predicted octanol–water partition coefficient (Wildman–Crippen LogP) is 2.29. The Morgan fingerprint density at radius 1 is 0.750 bits per heavy atom. The van der Waals surface area contributed by atoms with E-state index in [0.717, 1.165) is 11.0 Å². The van der Waals surface area contributed by atoms with Gasteiger partial charge in [-0.05, 0) is 81.2 Å². The molecule has 0 heterocycles. The molecule has 0 radical (unpaired) electrons. The molecule has 0 aliphatic carbocycles. The van der Waals surface area contributed by atoms with Gasteiger partial charge in [0.05, 0.1) is 0 Å². The van der Waals surface area contributed by atoms with Gasteiger partial charge in [-0.1, -0.05) is 6.58 Å². The molecule has 0 aromatic heterocycles. The van der Waals surface area contributed by atoms with Crippen LogP contribution < -0.4 is 16.0 Å². The molecule has 0 spiro atoms. The number of hydrogen-bond acceptors (Lipinski definition) is 10. The lowest BCUT2D eigenvalue weighted by atomic mass is 10.1. The summed E-state index contributed by atoms with van der Waals surface area (Å²) in [5.74, 6) is -3.87. The van der Waals surface area contributed by atoms with Gasteiger partial charge in [0, 0.05) is 32.9 Å². The number of hydrogen-bond donors (Lipinski definition) is 3. The molecule has 14 heteroatoms. The van der Waals surface area contributed by atoms with Crippen LogP contribution >= 0.6 is 0 Å². The van der Waals surface area contributed by atoms with Crippen LogP contribution in [-0.2, 0) is 43.0 Å². The fourth-order valence-corrected chi connectivity index (χ4v) is 3.47. The van der Waals surface area contributed by atoms with Crippen LogP contribution in [0.5, 0.6) is 0 Å². The number of nitrogens with one attached hydrogen (secondary N) is 3. The van der Waals surface area contributed by atoms with Crippen LogP contribution in [0.4, 0.5) is 4.79 Å². The molecule has 0 saturated carbocycles. The number of alkyl carbamates (subject to hydrolysis) is 1. The van der Waals surface area contributed by atoms with E-state index in [1.54, 1.807) is 62.3 Å². The highest BCUT2D eigenvalue weighted by Gasteiger charge is 2.32. The van der Waals surface area contributed by atoms with Gasteiger partial charge in [-0.25, -0.2) is 9.59 Å². The van der Waals surface area contributed by atoms with E-state index in [4.69, 9.17) is 14.2 Å². The largest absolute Gasteiger partial charge is 0.460 e. The molecule has 0 fully saturated rings. The Morgan fingerprint density at radius 2 is 1.27 bits per heavy atom. The van der Waals surface area contributed by atoms with Crippen LogP contribution in [0.2, 0.25) is 0 Å². The molecule has 250 valence electrons. The first-order chi connectivity index (χ1) is 19.9. The zero-order chi connectivity index (χ0) is 34.5. The normalized spacial score (nSPS) is 13.0. The smallest absolute Gasteiger partial charge is 0.408 e. The third-order valence-corrected chi connectivity index (χ3v) is 5.21. The molecule has 2 atom stereocenters. The lowest BCUT2D eigenvalue weighted by Crippen LogP contribution is -2.53. The first kappa shape index (κ1) is 40.0. The number of ether oxygens (including phenoxy) is 3. The summed E-state index contributed by atoms with van der Waals surface area (Å²) < 4.78 is 16.0. The van der Waals surface area contributed by atoms with Crippen LogP contribution in [0.3, 0.4) is 0 Å². The Bertz CT molecular complexity index is 1070. The van der Waals surface area contributed by atoms with Crippen molar-refractivity contribution < 1.29 is 47.8 Å². The minimum Gasteiger partial charge on any atom is -0.460 e. The minimum absolute atomic E-state index is 0.0558. The second-order valence-corrected chi connectivity index (χ2v) is 13.0. The summed E-state index contributed by atoms with van der Waals surface area (Å²) >= 11 is 0. The summed E-state index contributed by atoms with van der Waals surface area (Å²) in [5.41, 5.74) is -2.54. The number of carbonyl (C=O) groups excluding carboxylic acids is 7. The van der Waals surface area contributed by atoms with Gasteiger partial charge < -0.3 is 30.2 Å². The lowest BCUT2D eigenvalue weighted by molar-refractivity contribution is -0.160. The topological polar surface area (TPSA) is 187 Å². The highest BCUT2D eigenvalue weighted by molar-refractivity contribution is 5.99. The van der Waals surface area contributed by atoms with E-state index in [-0.39, 0.29) is 38.8 Å². The number of esters is 2. The number of nitrogens with zero attached hydrogens (tertiary/aromatic N) is 1. The number of imide groups is 1. The van der Waals surface area contributed by atoms with Crippen molar-refractivity contribution in [2.45, 2.75) is 124 Å². The van der Waals surface area contributed by atoms with Gasteiger partial charge in [0.15, 0.2) is 0 Å². The van der Waals surface area contributed by atoms with Gasteiger partial charge in [-0.3, -0.25) is 28.9 Å². The van der Waals surface area contributed by atoms with E-state index in [0.29, 0.717) is 0 Å². The van der Waals surface area contributed by atoms with E-state index in [9.17, 15) is 33.6 Å². The van der Waals surface area contributed by atoms with Crippen LogP contribution in [0.15, 0.2) is 12.7 Å². The van der Waals surface area contributed by atoms with E-state index in [1.807, 2.05) is 0 Å². The van der Waals surface area contributed by atoms with E-state index in [1.165, 1.54) is 6.92 Å². The van der Waals surface area contributed by atoms with Gasteiger partial charge in [0.2, 0.25) is 17.7 Å². The molecule has 5 amide bonds. The Balaban J connectivity index is 5.72. The first-order valence-electron chi connectivity index (χ1n) is 14.4. The molecule has 14 nitrogen and oxygen atoms in total. The van der Waals surface area contributed by atoms with Crippen LogP contribution in [0.25, 0.3) is 0 Å². The lowest BCUT2D eigenvalue weighted by Gasteiger charge is -2.27. The summed E-state index contributed by atoms with van der Waals surface area (Å²) in [7, 11) is 0. The standard InChI is InChI=1S/C30H50N4O10/c1-12-23(37)34(19(2)35)18-17-31-22(36)15-13-20(33-27(41)44-30(9,10)11)25(39)32-21(26(40)43-29(6,7)8)14-16-24(38)42-28(3,4)5/h12,20-21H,1,13-18H2,2-11H3,(H,31,36)(H,32,39)(H,33,41)/t20?,21-/m1/s1. The summed E-state index contributed by atoms with van der Waals surface area (Å²) in [6, 6.07) is -2.59. The van der Waals surface area contributed by atoms with E-state index >= 15 is 0 Å². The van der Waals surface area contributed by atoms with Crippen LogP contribution in [-0.4, -0.2) is 88.5 Å².